The number of hydrogen-bond acceptors (Lipinski definition) is 3. The number of hydrogen-bond donors (Lipinski definition) is 0. The quantitative estimate of drug-likeness (QED) is 0.690. The van der Waals surface area contributed by atoms with Crippen molar-refractivity contribution in [2.45, 2.75) is 46.1 Å². The lowest BCUT2D eigenvalue weighted by Crippen LogP contribution is -2.40. The van der Waals surface area contributed by atoms with Gasteiger partial charge in [-0.15, -0.1) is 0 Å². The third-order valence-electron chi connectivity index (χ3n) is 2.64. The number of amides is 1. The Bertz CT molecular complexity index is 372. The largest absolute Gasteiger partial charge is 0.444 e. The molecule has 5 heteroatoms. The van der Waals surface area contributed by atoms with Gasteiger partial charge >= 0.3 is 6.09 Å². The van der Waals surface area contributed by atoms with Crippen molar-refractivity contribution in [2.24, 2.45) is 0 Å². The highest BCUT2D eigenvalue weighted by atomic mass is 35.5. The van der Waals surface area contributed by atoms with Crippen LogP contribution in [0.1, 0.15) is 40.5 Å². The predicted molar refractivity (Wildman–Crippen MR) is 70.6 cm³/mol. The van der Waals surface area contributed by atoms with E-state index in [1.807, 2.05) is 20.8 Å². The molecule has 1 aliphatic heterocycles. The molecule has 0 radical (unpaired) electrons. The summed E-state index contributed by atoms with van der Waals surface area (Å²) in [7, 11) is 0. The molecule has 1 heterocycles. The van der Waals surface area contributed by atoms with Gasteiger partial charge in [-0.2, -0.15) is 0 Å². The second-order valence-corrected chi connectivity index (χ2v) is 5.82. The second-order valence-electron chi connectivity index (χ2n) is 5.44. The van der Waals surface area contributed by atoms with Crippen LogP contribution in [0.25, 0.3) is 0 Å². The molecule has 1 amide bonds. The van der Waals surface area contributed by atoms with Gasteiger partial charge in [0.25, 0.3) is 0 Å². The van der Waals surface area contributed by atoms with Crippen molar-refractivity contribution in [3.63, 3.8) is 0 Å². The predicted octanol–water partition coefficient (Wildman–Crippen LogP) is 3.10. The minimum Gasteiger partial charge on any atom is -0.444 e. The maximum atomic E-state index is 11.8. The SMILES string of the molecule is CC(=O)C(Cl)=C1CCN(C(=O)OC(C)(C)C)CC1. The number of halogens is 1. The number of carbonyl (C=O) groups is 2. The van der Waals surface area contributed by atoms with Gasteiger partial charge in [0.1, 0.15) is 5.60 Å². The number of Topliss-reactive ketones (excluding diaryl/α,β-unsaturated/α-hetero) is 1. The van der Waals surface area contributed by atoms with Crippen LogP contribution < -0.4 is 0 Å². The Morgan fingerprint density at radius 1 is 1.22 bits per heavy atom. The smallest absolute Gasteiger partial charge is 0.410 e. The molecule has 4 nitrogen and oxygen atoms in total. The lowest BCUT2D eigenvalue weighted by molar-refractivity contribution is -0.113. The minimum absolute atomic E-state index is 0.114. The molecule has 18 heavy (non-hydrogen) atoms. The molecule has 0 atom stereocenters. The average molecular weight is 274 g/mol. The number of ketones is 1. The van der Waals surface area contributed by atoms with Crippen LogP contribution in [-0.2, 0) is 9.53 Å². The van der Waals surface area contributed by atoms with Crippen molar-refractivity contribution < 1.29 is 14.3 Å². The van der Waals surface area contributed by atoms with Gasteiger partial charge in [-0.1, -0.05) is 11.6 Å². The molecule has 0 unspecified atom stereocenters. The molecule has 1 rings (SSSR count). The molecule has 0 aliphatic carbocycles. The molecule has 0 saturated carbocycles. The number of allylic oxidation sites excluding steroid dienone is 1. The first-order valence-corrected chi connectivity index (χ1v) is 6.45. The van der Waals surface area contributed by atoms with Crippen molar-refractivity contribution in [3.05, 3.63) is 10.6 Å². The second kappa shape index (κ2) is 5.74. The van der Waals surface area contributed by atoms with Gasteiger partial charge < -0.3 is 9.64 Å². The maximum absolute atomic E-state index is 11.8. The van der Waals surface area contributed by atoms with E-state index in [9.17, 15) is 9.59 Å². The van der Waals surface area contributed by atoms with E-state index < -0.39 is 5.60 Å². The fourth-order valence-electron chi connectivity index (χ4n) is 1.75. The first-order chi connectivity index (χ1) is 8.20. The highest BCUT2D eigenvalue weighted by Gasteiger charge is 2.25. The third kappa shape index (κ3) is 4.33. The van der Waals surface area contributed by atoms with E-state index in [4.69, 9.17) is 16.3 Å². The van der Waals surface area contributed by atoms with Crippen LogP contribution in [0.2, 0.25) is 0 Å². The number of likely N-dealkylation sites (tertiary alicyclic amines) is 1. The van der Waals surface area contributed by atoms with Crippen LogP contribution in [0.15, 0.2) is 10.6 Å². The molecule has 102 valence electrons. The van der Waals surface area contributed by atoms with Gasteiger partial charge in [-0.3, -0.25) is 4.79 Å². The molecule has 0 aromatic rings. The lowest BCUT2D eigenvalue weighted by atomic mass is 10.0. The van der Waals surface area contributed by atoms with Crippen LogP contribution >= 0.6 is 11.6 Å². The van der Waals surface area contributed by atoms with E-state index in [2.05, 4.69) is 0 Å². The van der Waals surface area contributed by atoms with Gasteiger partial charge in [0.15, 0.2) is 5.78 Å². The van der Waals surface area contributed by atoms with Gasteiger partial charge in [0.2, 0.25) is 0 Å². The van der Waals surface area contributed by atoms with Crippen LogP contribution in [0.5, 0.6) is 0 Å². The number of rotatable bonds is 1. The van der Waals surface area contributed by atoms with Crippen LogP contribution in [-0.4, -0.2) is 35.5 Å². The zero-order valence-corrected chi connectivity index (χ0v) is 12.1. The number of piperidine rings is 1. The molecular weight excluding hydrogens is 254 g/mol. The Balaban J connectivity index is 2.57. The highest BCUT2D eigenvalue weighted by molar-refractivity contribution is 6.42. The van der Waals surface area contributed by atoms with Gasteiger partial charge in [0, 0.05) is 20.0 Å². The van der Waals surface area contributed by atoms with Crippen molar-refractivity contribution in [2.75, 3.05) is 13.1 Å². The monoisotopic (exact) mass is 273 g/mol. The van der Waals surface area contributed by atoms with Gasteiger partial charge in [0.05, 0.1) is 5.03 Å². The van der Waals surface area contributed by atoms with Crippen molar-refractivity contribution in [1.29, 1.82) is 0 Å². The first-order valence-electron chi connectivity index (χ1n) is 6.07. The van der Waals surface area contributed by atoms with E-state index in [0.717, 1.165) is 5.57 Å². The number of nitrogens with zero attached hydrogens (tertiary/aromatic N) is 1. The Hall–Kier alpha value is -1.03. The van der Waals surface area contributed by atoms with Crippen LogP contribution in [0.3, 0.4) is 0 Å². The van der Waals surface area contributed by atoms with E-state index >= 15 is 0 Å². The standard InChI is InChI=1S/C13H20ClNO3/c1-9(16)11(14)10-5-7-15(8-6-10)12(17)18-13(2,3)4/h5-8H2,1-4H3. The Morgan fingerprint density at radius 3 is 2.11 bits per heavy atom. The molecule has 0 spiro atoms. The summed E-state index contributed by atoms with van der Waals surface area (Å²) in [4.78, 5) is 24.6. The van der Waals surface area contributed by atoms with E-state index in [1.165, 1.54) is 6.92 Å². The molecule has 0 N–H and O–H groups in total. The zero-order valence-electron chi connectivity index (χ0n) is 11.4. The fourth-order valence-corrected chi connectivity index (χ4v) is 1.94. The molecule has 0 aromatic heterocycles. The summed E-state index contributed by atoms with van der Waals surface area (Å²) >= 11 is 5.92. The normalized spacial score (nSPS) is 16.5. The molecular formula is C13H20ClNO3. The summed E-state index contributed by atoms with van der Waals surface area (Å²) in [6.45, 7) is 8.07. The number of carbonyl (C=O) groups excluding carboxylic acids is 2. The molecule has 0 bridgehead atoms. The summed E-state index contributed by atoms with van der Waals surface area (Å²) in [5.41, 5.74) is 0.452. The van der Waals surface area contributed by atoms with Crippen molar-refractivity contribution in [3.8, 4) is 0 Å². The maximum Gasteiger partial charge on any atom is 0.410 e. The van der Waals surface area contributed by atoms with E-state index in [-0.39, 0.29) is 11.9 Å². The van der Waals surface area contributed by atoms with E-state index in [1.54, 1.807) is 4.90 Å². The average Bonchev–Trinajstić information content (AvgIpc) is 2.26. The van der Waals surface area contributed by atoms with Crippen molar-refractivity contribution in [1.82, 2.24) is 4.90 Å². The van der Waals surface area contributed by atoms with E-state index in [0.29, 0.717) is 31.0 Å². The first kappa shape index (κ1) is 15.0. The van der Waals surface area contributed by atoms with Crippen LogP contribution in [0, 0.1) is 0 Å². The minimum atomic E-state index is -0.482. The summed E-state index contributed by atoms with van der Waals surface area (Å²) in [6, 6.07) is 0. The summed E-state index contributed by atoms with van der Waals surface area (Å²) in [5.74, 6) is -0.114. The summed E-state index contributed by atoms with van der Waals surface area (Å²) < 4.78 is 5.29. The summed E-state index contributed by atoms with van der Waals surface area (Å²) in [5, 5.41) is 0.318. The molecule has 1 saturated heterocycles. The third-order valence-corrected chi connectivity index (χ3v) is 3.17. The lowest BCUT2D eigenvalue weighted by Gasteiger charge is -2.31. The zero-order chi connectivity index (χ0) is 13.9. The van der Waals surface area contributed by atoms with Crippen LogP contribution in [0.4, 0.5) is 4.79 Å². The fraction of sp³-hybridized carbons (Fsp3) is 0.692. The highest BCUT2D eigenvalue weighted by Crippen LogP contribution is 2.24. The Morgan fingerprint density at radius 2 is 1.72 bits per heavy atom. The van der Waals surface area contributed by atoms with Crippen molar-refractivity contribution >= 4 is 23.5 Å². The Kier molecular flexibility index (Phi) is 4.79. The van der Waals surface area contributed by atoms with Gasteiger partial charge in [-0.25, -0.2) is 4.79 Å². The summed E-state index contributed by atoms with van der Waals surface area (Å²) in [6.07, 6.45) is 0.968. The Labute approximate surface area is 113 Å². The molecule has 0 aromatic carbocycles. The topological polar surface area (TPSA) is 46.6 Å². The number of ether oxygens (including phenoxy) is 1. The van der Waals surface area contributed by atoms with Gasteiger partial charge in [-0.05, 0) is 39.2 Å². The molecule has 1 fully saturated rings. The molecule has 1 aliphatic rings.